The summed E-state index contributed by atoms with van der Waals surface area (Å²) in [6.45, 7) is 16.9. The average molecular weight is 858 g/mol. The smallest absolute Gasteiger partial charge is 0.351 e. The third kappa shape index (κ3) is 13.1. The number of nitrogens with zero attached hydrogens (tertiary/aromatic N) is 4. The highest BCUT2D eigenvalue weighted by atomic mass is 31.2. The van der Waals surface area contributed by atoms with Crippen LogP contribution in [0.25, 0.3) is 4.85 Å². The fourth-order valence-electron chi connectivity index (χ4n) is 7.14. The molecule has 1 amide bonds. The Morgan fingerprint density at radius 2 is 1.57 bits per heavy atom. The van der Waals surface area contributed by atoms with Crippen LogP contribution in [0, 0.1) is 23.8 Å². The van der Waals surface area contributed by atoms with Crippen LogP contribution in [-0.4, -0.2) is 88.0 Å². The zero-order valence-corrected chi connectivity index (χ0v) is 36.7. The molecule has 4 aromatic rings. The van der Waals surface area contributed by atoms with Gasteiger partial charge in [-0.1, -0.05) is 75.4 Å². The number of carbonyl (C=O) groups is 1. The second kappa shape index (κ2) is 24.9. The van der Waals surface area contributed by atoms with Gasteiger partial charge in [0, 0.05) is 25.2 Å². The summed E-state index contributed by atoms with van der Waals surface area (Å²) < 4.78 is 46.3. The van der Waals surface area contributed by atoms with Crippen molar-refractivity contribution >= 4 is 20.1 Å². The van der Waals surface area contributed by atoms with Gasteiger partial charge < -0.3 is 47.6 Å². The van der Waals surface area contributed by atoms with Crippen molar-refractivity contribution in [3.8, 4) is 17.6 Å². The molecule has 0 saturated carbocycles. The van der Waals surface area contributed by atoms with Crippen molar-refractivity contribution in [1.82, 2.24) is 9.55 Å². The van der Waals surface area contributed by atoms with Crippen LogP contribution in [0.1, 0.15) is 63.5 Å². The van der Waals surface area contributed by atoms with Gasteiger partial charge in [0.25, 0.3) is 0 Å². The number of benzene rings is 3. The molecule has 1 fully saturated rings. The summed E-state index contributed by atoms with van der Waals surface area (Å²) in [5, 5.41) is 11.0. The van der Waals surface area contributed by atoms with Gasteiger partial charge in [0.15, 0.2) is 14.6 Å². The van der Waals surface area contributed by atoms with E-state index in [9.17, 15) is 9.59 Å². The Hall–Kier alpha value is -5.22. The number of hydrogen-bond donors (Lipinski definition) is 1. The first-order valence-corrected chi connectivity index (χ1v) is 21.5. The molecule has 2 heterocycles. The zero-order chi connectivity index (χ0) is 44.2. The Labute approximate surface area is 359 Å². The Bertz CT molecular complexity index is 2030. The van der Waals surface area contributed by atoms with Crippen LogP contribution in [0.4, 0.5) is 5.82 Å². The van der Waals surface area contributed by atoms with Crippen LogP contribution in [0.2, 0.25) is 0 Å². The van der Waals surface area contributed by atoms with Gasteiger partial charge in [-0.25, -0.2) is 11.4 Å². The molecule has 61 heavy (non-hydrogen) atoms. The first-order chi connectivity index (χ1) is 29.5. The monoisotopic (exact) mass is 857 g/mol. The highest BCUT2D eigenvalue weighted by molar-refractivity contribution is 7.46. The fraction of sp³-hybridized carbons (Fsp3) is 0.444. The van der Waals surface area contributed by atoms with Gasteiger partial charge >= 0.3 is 5.69 Å². The molecule has 3 aromatic carbocycles. The summed E-state index contributed by atoms with van der Waals surface area (Å²) in [6.07, 6.45) is -0.396. The number of hydrogen-bond acceptors (Lipinski definition) is 12. The molecule has 0 aliphatic carbocycles. The number of carbonyl (C=O) groups excluding carboxylic acids is 1. The highest BCUT2D eigenvalue weighted by Crippen LogP contribution is 2.46. The standard InChI is InChI=1S/C24H26O2.C21H30N5O8P/c1-18(2)24(19-8-6-5-7-9-19,20-10-14-22(25-3)15-11-20)21-12-16-23(26-4)17-13-21;1-5-16-18(34-35(4)32-12-9-23-3)19(31-14-30-13-29-11-6-8-22)20(33-16)26-10-7-17(24-15(2)27)25-21(26)28/h5-18H,1-4H3;7,10,16,18-20H,5-6,9,11-14H2,1-2,4H3,(H,24,25,27,28)/t;16-,18+,19?,20-,35?/m.1/s1. The molecule has 1 N–H and O–H groups in total. The molecule has 2 unspecified atom stereocenters. The summed E-state index contributed by atoms with van der Waals surface area (Å²) in [5.41, 5.74) is 2.90. The van der Waals surface area contributed by atoms with Gasteiger partial charge in [-0.3, -0.25) is 9.36 Å². The van der Waals surface area contributed by atoms with Crippen molar-refractivity contribution in [2.75, 3.05) is 59.5 Å². The van der Waals surface area contributed by atoms with Gasteiger partial charge in [-0.15, -0.1) is 0 Å². The number of ether oxygens (including phenoxy) is 6. The predicted molar refractivity (Wildman–Crippen MR) is 231 cm³/mol. The molecule has 1 aromatic heterocycles. The minimum absolute atomic E-state index is 0.0736. The van der Waals surface area contributed by atoms with Gasteiger partial charge in [0.2, 0.25) is 12.5 Å². The number of rotatable bonds is 21. The van der Waals surface area contributed by atoms with Crippen molar-refractivity contribution in [3.05, 3.63) is 130 Å². The van der Waals surface area contributed by atoms with Crippen molar-refractivity contribution in [2.24, 2.45) is 5.92 Å². The summed E-state index contributed by atoms with van der Waals surface area (Å²) in [7, 11) is 2.05. The molecule has 1 aliphatic heterocycles. The lowest BCUT2D eigenvalue weighted by molar-refractivity contribution is -0.173. The molecule has 0 bridgehead atoms. The Morgan fingerprint density at radius 1 is 0.951 bits per heavy atom. The Balaban J connectivity index is 0.000000280. The maximum atomic E-state index is 12.7. The van der Waals surface area contributed by atoms with E-state index in [2.05, 4.69) is 83.6 Å². The van der Waals surface area contributed by atoms with Gasteiger partial charge in [-0.2, -0.15) is 10.2 Å². The Morgan fingerprint density at radius 3 is 2.10 bits per heavy atom. The summed E-state index contributed by atoms with van der Waals surface area (Å²) >= 11 is 0. The van der Waals surface area contributed by atoms with E-state index in [0.717, 1.165) is 11.5 Å². The predicted octanol–water partition coefficient (Wildman–Crippen LogP) is 7.71. The van der Waals surface area contributed by atoms with Gasteiger partial charge in [0.1, 0.15) is 49.7 Å². The Kier molecular flexibility index (Phi) is 19.8. The van der Waals surface area contributed by atoms with Crippen LogP contribution >= 0.6 is 8.38 Å². The second-order valence-corrected chi connectivity index (χ2v) is 15.4. The SMILES string of the molecule is COc1ccc(C(c2ccccc2)(c2ccc(OC)cc2)C(C)C)cc1.[C-]#[N+]CCOP(C)O[C@@H]1C(OCOCOCCC#N)[C@H](n2ccc(NC(C)=O)nc2=O)O[C@@H]1CC. The molecule has 0 radical (unpaired) electrons. The normalized spacial score (nSPS) is 17.7. The maximum absolute atomic E-state index is 12.7. The van der Waals surface area contributed by atoms with Crippen LogP contribution in [-0.2, 0) is 38.2 Å². The van der Waals surface area contributed by atoms with Crippen molar-refractivity contribution in [1.29, 1.82) is 5.26 Å². The number of nitrogens with one attached hydrogen (secondary N) is 1. The van der Waals surface area contributed by atoms with E-state index in [0.29, 0.717) is 12.3 Å². The van der Waals surface area contributed by atoms with Crippen molar-refractivity contribution < 1.29 is 42.3 Å². The van der Waals surface area contributed by atoms with E-state index in [1.54, 1.807) is 20.9 Å². The van der Waals surface area contributed by atoms with Gasteiger partial charge in [-0.05, 0) is 59.4 Å². The fourth-order valence-corrected chi connectivity index (χ4v) is 8.14. The first kappa shape index (κ1) is 48.4. The van der Waals surface area contributed by atoms with E-state index < -0.39 is 38.6 Å². The van der Waals surface area contributed by atoms with E-state index in [1.807, 2.05) is 37.3 Å². The van der Waals surface area contributed by atoms with E-state index in [4.69, 9.17) is 49.3 Å². The molecular weight excluding hydrogens is 801 g/mol. The molecule has 326 valence electrons. The van der Waals surface area contributed by atoms with E-state index >= 15 is 0 Å². The molecule has 0 spiro atoms. The highest BCUT2D eigenvalue weighted by Gasteiger charge is 2.48. The van der Waals surface area contributed by atoms with Crippen LogP contribution < -0.4 is 20.5 Å². The largest absolute Gasteiger partial charge is 0.497 e. The number of aromatic nitrogens is 2. The minimum atomic E-state index is -1.35. The van der Waals surface area contributed by atoms with Crippen molar-refractivity contribution in [3.63, 3.8) is 0 Å². The lowest BCUT2D eigenvalue weighted by Gasteiger charge is -2.40. The van der Waals surface area contributed by atoms with Crippen LogP contribution in [0.15, 0.2) is 95.9 Å². The summed E-state index contributed by atoms with van der Waals surface area (Å²) in [4.78, 5) is 31.2. The topological polar surface area (TPSA) is 166 Å². The molecule has 16 heteroatoms. The summed E-state index contributed by atoms with van der Waals surface area (Å²) in [6, 6.07) is 31.0. The molecule has 15 nitrogen and oxygen atoms in total. The molecule has 1 saturated heterocycles. The second-order valence-electron chi connectivity index (χ2n) is 14.1. The third-order valence-corrected chi connectivity index (χ3v) is 11.0. The quantitative estimate of drug-likeness (QED) is 0.0286. The number of nitriles is 1. The van der Waals surface area contributed by atoms with Crippen LogP contribution in [0.3, 0.4) is 0 Å². The molecular formula is C45H56N5O10P. The lowest BCUT2D eigenvalue weighted by atomic mass is 9.63. The van der Waals surface area contributed by atoms with Crippen LogP contribution in [0.5, 0.6) is 11.5 Å². The van der Waals surface area contributed by atoms with Gasteiger partial charge in [0.05, 0.1) is 39.4 Å². The number of anilines is 1. The minimum Gasteiger partial charge on any atom is -0.497 e. The third-order valence-electron chi connectivity index (χ3n) is 9.90. The van der Waals surface area contributed by atoms with E-state index in [-0.39, 0.29) is 56.9 Å². The van der Waals surface area contributed by atoms with Crippen molar-refractivity contribution in [2.45, 2.75) is 70.5 Å². The lowest BCUT2D eigenvalue weighted by Crippen LogP contribution is -2.39. The van der Waals surface area contributed by atoms with E-state index in [1.165, 1.54) is 40.4 Å². The average Bonchev–Trinajstić information content (AvgIpc) is 3.60. The first-order valence-electron chi connectivity index (χ1n) is 19.9. The maximum Gasteiger partial charge on any atom is 0.351 e. The molecule has 1 aliphatic rings. The number of methoxy groups -OCH3 is 2. The molecule has 5 atom stereocenters. The summed E-state index contributed by atoms with van der Waals surface area (Å²) in [5.74, 6) is 1.86. The molecule has 5 rings (SSSR count). The number of amides is 1. The zero-order valence-electron chi connectivity index (χ0n) is 35.8.